The molecule has 1 aliphatic carbocycles. The Labute approximate surface area is 124 Å². The second kappa shape index (κ2) is 7.24. The minimum atomic E-state index is -0.252. The third kappa shape index (κ3) is 3.83. The van der Waals surface area contributed by atoms with Crippen LogP contribution in [0, 0.1) is 5.92 Å². The van der Waals surface area contributed by atoms with E-state index < -0.39 is 0 Å². The summed E-state index contributed by atoms with van der Waals surface area (Å²) in [6, 6.07) is 0. The molecule has 1 heterocycles. The smallest absolute Gasteiger partial charge is 0.273 e. The van der Waals surface area contributed by atoms with Crippen LogP contribution in [0.3, 0.4) is 0 Å². The molecule has 6 nitrogen and oxygen atoms in total. The summed E-state index contributed by atoms with van der Waals surface area (Å²) in [6.45, 7) is 5.28. The van der Waals surface area contributed by atoms with Crippen molar-refractivity contribution in [3.05, 3.63) is 17.8 Å². The van der Waals surface area contributed by atoms with Crippen LogP contribution in [0.15, 0.2) is 10.7 Å². The average Bonchev–Trinajstić information content (AvgIpc) is 3.15. The van der Waals surface area contributed by atoms with Crippen LogP contribution in [0.4, 0.5) is 0 Å². The van der Waals surface area contributed by atoms with E-state index in [4.69, 9.17) is 4.42 Å². The molecule has 0 aromatic carbocycles. The fourth-order valence-corrected chi connectivity index (χ4v) is 2.68. The van der Waals surface area contributed by atoms with Crippen LogP contribution in [0.1, 0.15) is 55.9 Å². The molecule has 21 heavy (non-hydrogen) atoms. The minimum Gasteiger partial charge on any atom is -0.446 e. The fourth-order valence-electron chi connectivity index (χ4n) is 2.68. The van der Waals surface area contributed by atoms with Crippen LogP contribution in [0.5, 0.6) is 0 Å². The first-order valence-corrected chi connectivity index (χ1v) is 7.67. The van der Waals surface area contributed by atoms with E-state index in [1.54, 1.807) is 4.90 Å². The number of rotatable bonds is 6. The first-order chi connectivity index (χ1) is 10.2. The van der Waals surface area contributed by atoms with Crippen molar-refractivity contribution >= 4 is 11.8 Å². The molecule has 0 unspecified atom stereocenters. The van der Waals surface area contributed by atoms with Gasteiger partial charge in [-0.2, -0.15) is 0 Å². The van der Waals surface area contributed by atoms with Gasteiger partial charge in [0.1, 0.15) is 6.26 Å². The molecule has 1 aromatic heterocycles. The van der Waals surface area contributed by atoms with Gasteiger partial charge in [-0.3, -0.25) is 9.59 Å². The molecule has 0 atom stereocenters. The highest BCUT2D eigenvalue weighted by Gasteiger charge is 2.27. The topological polar surface area (TPSA) is 75.4 Å². The zero-order chi connectivity index (χ0) is 15.2. The summed E-state index contributed by atoms with van der Waals surface area (Å²) in [7, 11) is 0. The van der Waals surface area contributed by atoms with Crippen molar-refractivity contribution in [1.82, 2.24) is 15.2 Å². The molecule has 1 fully saturated rings. The normalized spacial score (nSPS) is 15.1. The minimum absolute atomic E-state index is 0.141. The number of oxazole rings is 1. The first kappa shape index (κ1) is 15.5. The predicted octanol–water partition coefficient (Wildman–Crippen LogP) is 1.96. The highest BCUT2D eigenvalue weighted by molar-refractivity contribution is 5.91. The summed E-state index contributed by atoms with van der Waals surface area (Å²) >= 11 is 0. The van der Waals surface area contributed by atoms with Crippen molar-refractivity contribution in [3.8, 4) is 0 Å². The zero-order valence-corrected chi connectivity index (χ0v) is 12.7. The SMILES string of the molecule is CCNC(=O)c1coc(CN(CC)C(=O)C2CCCC2)n1. The lowest BCUT2D eigenvalue weighted by Crippen LogP contribution is -2.34. The van der Waals surface area contributed by atoms with E-state index in [9.17, 15) is 9.59 Å². The van der Waals surface area contributed by atoms with Gasteiger partial charge in [0.25, 0.3) is 5.91 Å². The number of aromatic nitrogens is 1. The van der Waals surface area contributed by atoms with Crippen LogP contribution in [-0.4, -0.2) is 34.8 Å². The van der Waals surface area contributed by atoms with Crippen LogP contribution in [0.2, 0.25) is 0 Å². The van der Waals surface area contributed by atoms with Crippen LogP contribution < -0.4 is 5.32 Å². The molecule has 2 amide bonds. The quantitative estimate of drug-likeness (QED) is 0.870. The number of nitrogens with one attached hydrogen (secondary N) is 1. The second-order valence-electron chi connectivity index (χ2n) is 5.32. The summed E-state index contributed by atoms with van der Waals surface area (Å²) in [6.07, 6.45) is 5.56. The molecule has 1 aliphatic rings. The highest BCUT2D eigenvalue weighted by Crippen LogP contribution is 2.27. The van der Waals surface area contributed by atoms with Gasteiger partial charge in [0, 0.05) is 19.0 Å². The lowest BCUT2D eigenvalue weighted by molar-refractivity contribution is -0.136. The third-order valence-electron chi connectivity index (χ3n) is 3.85. The van der Waals surface area contributed by atoms with Gasteiger partial charge in [-0.05, 0) is 26.7 Å². The monoisotopic (exact) mass is 293 g/mol. The van der Waals surface area contributed by atoms with Crippen molar-refractivity contribution in [2.75, 3.05) is 13.1 Å². The zero-order valence-electron chi connectivity index (χ0n) is 12.7. The molecule has 6 heteroatoms. The molecule has 1 aromatic rings. The fraction of sp³-hybridized carbons (Fsp3) is 0.667. The molecular formula is C15H23N3O3. The molecule has 1 saturated carbocycles. The maximum Gasteiger partial charge on any atom is 0.273 e. The molecule has 116 valence electrons. The second-order valence-corrected chi connectivity index (χ2v) is 5.32. The summed E-state index contributed by atoms with van der Waals surface area (Å²) in [5.74, 6) is 0.470. The van der Waals surface area contributed by atoms with Crippen molar-refractivity contribution in [2.24, 2.45) is 5.92 Å². The summed E-state index contributed by atoms with van der Waals surface area (Å²) < 4.78 is 5.31. The van der Waals surface area contributed by atoms with E-state index in [0.29, 0.717) is 25.5 Å². The number of hydrogen-bond acceptors (Lipinski definition) is 4. The van der Waals surface area contributed by atoms with Gasteiger partial charge in [-0.25, -0.2) is 4.98 Å². The Morgan fingerprint density at radius 1 is 1.38 bits per heavy atom. The Morgan fingerprint density at radius 2 is 2.10 bits per heavy atom. The first-order valence-electron chi connectivity index (χ1n) is 7.67. The number of carbonyl (C=O) groups excluding carboxylic acids is 2. The Bertz CT molecular complexity index is 492. The molecule has 1 N–H and O–H groups in total. The number of nitrogens with zero attached hydrogens (tertiary/aromatic N) is 2. The van der Waals surface area contributed by atoms with E-state index >= 15 is 0 Å². The largest absolute Gasteiger partial charge is 0.446 e. The van der Waals surface area contributed by atoms with Crippen LogP contribution >= 0.6 is 0 Å². The van der Waals surface area contributed by atoms with Gasteiger partial charge in [0.05, 0.1) is 6.54 Å². The summed E-state index contributed by atoms with van der Waals surface area (Å²) in [5, 5.41) is 2.67. The van der Waals surface area contributed by atoms with E-state index in [-0.39, 0.29) is 23.4 Å². The Balaban J connectivity index is 1.98. The molecule has 0 spiro atoms. The van der Waals surface area contributed by atoms with Gasteiger partial charge >= 0.3 is 0 Å². The number of amides is 2. The number of carbonyl (C=O) groups is 2. The molecule has 0 aliphatic heterocycles. The van der Waals surface area contributed by atoms with Gasteiger partial charge in [-0.1, -0.05) is 12.8 Å². The highest BCUT2D eigenvalue weighted by atomic mass is 16.3. The van der Waals surface area contributed by atoms with Crippen LogP contribution in [-0.2, 0) is 11.3 Å². The van der Waals surface area contributed by atoms with E-state index in [2.05, 4.69) is 10.3 Å². The van der Waals surface area contributed by atoms with Crippen molar-refractivity contribution < 1.29 is 14.0 Å². The molecule has 0 bridgehead atoms. The van der Waals surface area contributed by atoms with Gasteiger partial charge in [-0.15, -0.1) is 0 Å². The third-order valence-corrected chi connectivity index (χ3v) is 3.85. The van der Waals surface area contributed by atoms with E-state index in [1.165, 1.54) is 6.26 Å². The van der Waals surface area contributed by atoms with Gasteiger partial charge < -0.3 is 14.6 Å². The van der Waals surface area contributed by atoms with E-state index in [0.717, 1.165) is 25.7 Å². The maximum absolute atomic E-state index is 12.4. The van der Waals surface area contributed by atoms with Crippen molar-refractivity contribution in [2.45, 2.75) is 46.1 Å². The molecule has 0 radical (unpaired) electrons. The predicted molar refractivity (Wildman–Crippen MR) is 77.6 cm³/mol. The molecule has 2 rings (SSSR count). The molecular weight excluding hydrogens is 270 g/mol. The lowest BCUT2D eigenvalue weighted by atomic mass is 10.1. The number of hydrogen-bond donors (Lipinski definition) is 1. The Kier molecular flexibility index (Phi) is 5.36. The Morgan fingerprint density at radius 3 is 2.71 bits per heavy atom. The standard InChI is InChI=1S/C15H23N3O3/c1-3-16-14(19)12-10-21-13(17-12)9-18(4-2)15(20)11-7-5-6-8-11/h10-11H,3-9H2,1-2H3,(H,16,19). The van der Waals surface area contributed by atoms with Gasteiger partial charge in [0.2, 0.25) is 11.8 Å². The Hall–Kier alpha value is -1.85. The van der Waals surface area contributed by atoms with Crippen LogP contribution in [0.25, 0.3) is 0 Å². The molecule has 0 saturated heterocycles. The lowest BCUT2D eigenvalue weighted by Gasteiger charge is -2.22. The van der Waals surface area contributed by atoms with Gasteiger partial charge in [0.15, 0.2) is 5.69 Å². The summed E-state index contributed by atoms with van der Waals surface area (Å²) in [4.78, 5) is 29.9. The van der Waals surface area contributed by atoms with E-state index in [1.807, 2.05) is 13.8 Å². The maximum atomic E-state index is 12.4. The summed E-state index contributed by atoms with van der Waals surface area (Å²) in [5.41, 5.74) is 0.260. The average molecular weight is 293 g/mol. The van der Waals surface area contributed by atoms with Crippen molar-refractivity contribution in [3.63, 3.8) is 0 Å². The van der Waals surface area contributed by atoms with Crippen molar-refractivity contribution in [1.29, 1.82) is 0 Å².